The first kappa shape index (κ1) is 24.5. The second kappa shape index (κ2) is 10.7. The number of rotatable bonds is 8. The summed E-state index contributed by atoms with van der Waals surface area (Å²) in [6, 6.07) is 9.70. The molecular weight excluding hydrogens is 457 g/mol. The number of nitrogens with one attached hydrogen (secondary N) is 1. The fraction of sp³-hybridized carbons (Fsp3) is 0.455. The zero-order valence-corrected chi connectivity index (χ0v) is 19.9. The van der Waals surface area contributed by atoms with Crippen molar-refractivity contribution in [2.24, 2.45) is 0 Å². The van der Waals surface area contributed by atoms with E-state index in [1.807, 2.05) is 18.2 Å². The summed E-state index contributed by atoms with van der Waals surface area (Å²) in [5.41, 5.74) is 0.819. The third-order valence-corrected chi connectivity index (χ3v) is 6.91. The van der Waals surface area contributed by atoms with Crippen molar-refractivity contribution in [3.8, 4) is 5.75 Å². The van der Waals surface area contributed by atoms with Crippen molar-refractivity contribution in [1.29, 1.82) is 0 Å². The van der Waals surface area contributed by atoms with Gasteiger partial charge in [0.15, 0.2) is 0 Å². The second-order valence-corrected chi connectivity index (χ2v) is 10.4. The van der Waals surface area contributed by atoms with Gasteiger partial charge in [-0.25, -0.2) is 9.65 Å². The first-order valence-corrected chi connectivity index (χ1v) is 12.9. The molecule has 3 rings (SSSR count). The van der Waals surface area contributed by atoms with Crippen molar-refractivity contribution >= 4 is 40.8 Å². The van der Waals surface area contributed by atoms with Crippen LogP contribution in [-0.4, -0.2) is 44.4 Å². The van der Waals surface area contributed by atoms with Crippen LogP contribution in [0.15, 0.2) is 36.4 Å². The average Bonchev–Trinajstić information content (AvgIpc) is 2.77. The average molecular weight is 484 g/mol. The molecule has 2 unspecified atom stereocenters. The lowest BCUT2D eigenvalue weighted by Crippen LogP contribution is -2.37. The lowest BCUT2D eigenvalue weighted by Gasteiger charge is -2.24. The number of benzene rings is 2. The highest BCUT2D eigenvalue weighted by Gasteiger charge is 2.30. The molecule has 2 aromatic carbocycles. The molecule has 0 bridgehead atoms. The van der Waals surface area contributed by atoms with Gasteiger partial charge in [-0.05, 0) is 42.3 Å². The minimum atomic E-state index is -3.86. The molecule has 2 aromatic rings. The molecule has 8 nitrogen and oxygen atoms in total. The molecule has 1 fully saturated rings. The van der Waals surface area contributed by atoms with Crippen molar-refractivity contribution in [1.82, 2.24) is 5.09 Å². The van der Waals surface area contributed by atoms with Crippen LogP contribution in [0.1, 0.15) is 38.2 Å². The Morgan fingerprint density at radius 1 is 1.09 bits per heavy atom. The molecule has 1 aliphatic rings. The highest BCUT2D eigenvalue weighted by atomic mass is 35.7. The monoisotopic (exact) mass is 483 g/mol. The van der Waals surface area contributed by atoms with E-state index in [2.05, 4.69) is 5.09 Å². The molecule has 10 heteroatoms. The number of fused-ring (bicyclic) bond motifs is 1. The number of hydrogen-bond donors (Lipinski definition) is 1. The molecule has 1 N–H and O–H groups in total. The molecule has 0 saturated carbocycles. The maximum atomic E-state index is 12.7. The van der Waals surface area contributed by atoms with E-state index in [1.54, 1.807) is 25.1 Å². The van der Waals surface area contributed by atoms with E-state index in [4.69, 9.17) is 30.0 Å². The fourth-order valence-electron chi connectivity index (χ4n) is 3.39. The topological polar surface area (TPSA) is 100 Å². The summed E-state index contributed by atoms with van der Waals surface area (Å²) in [4.78, 5) is 24.1. The van der Waals surface area contributed by atoms with E-state index in [1.165, 1.54) is 14.0 Å². The van der Waals surface area contributed by atoms with E-state index in [-0.39, 0.29) is 17.8 Å². The van der Waals surface area contributed by atoms with Crippen molar-refractivity contribution in [3.63, 3.8) is 0 Å². The maximum absolute atomic E-state index is 12.7. The van der Waals surface area contributed by atoms with Crippen LogP contribution < -0.4 is 9.61 Å². The number of methoxy groups -OCH3 is 1. The van der Waals surface area contributed by atoms with Gasteiger partial charge in [0, 0.05) is 24.1 Å². The van der Waals surface area contributed by atoms with Crippen molar-refractivity contribution < 1.29 is 32.9 Å². The van der Waals surface area contributed by atoms with Gasteiger partial charge in [0.1, 0.15) is 17.9 Å². The van der Waals surface area contributed by atoms with Gasteiger partial charge >= 0.3 is 18.8 Å². The number of hydrogen-bond acceptors (Lipinski definition) is 7. The maximum Gasteiger partial charge on any atom is 0.409 e. The normalized spacial score (nSPS) is 18.4. The number of esters is 2. The van der Waals surface area contributed by atoms with E-state index >= 15 is 0 Å². The van der Waals surface area contributed by atoms with Gasteiger partial charge in [-0.3, -0.25) is 9.59 Å². The Kier molecular flexibility index (Phi) is 8.17. The summed E-state index contributed by atoms with van der Waals surface area (Å²) >= 11 is 6.06. The molecule has 0 amide bonds. The highest BCUT2D eigenvalue weighted by molar-refractivity contribution is 7.84. The molecule has 1 saturated heterocycles. The van der Waals surface area contributed by atoms with Gasteiger partial charge < -0.3 is 18.7 Å². The van der Waals surface area contributed by atoms with Crippen molar-refractivity contribution in [3.05, 3.63) is 42.0 Å². The zero-order valence-electron chi connectivity index (χ0n) is 18.2. The molecular formula is C22H27ClNO7P. The molecule has 174 valence electrons. The van der Waals surface area contributed by atoms with E-state index in [0.717, 1.165) is 16.3 Å². The Labute approximate surface area is 191 Å². The van der Waals surface area contributed by atoms with Crippen LogP contribution in [0.3, 0.4) is 0 Å². The summed E-state index contributed by atoms with van der Waals surface area (Å²) in [6.07, 6.45) is 1.04. The van der Waals surface area contributed by atoms with Crippen LogP contribution in [0.2, 0.25) is 0 Å². The standard InChI is InChI=1S/C22H27ClNO7P/c1-14(21(25)28-3)16-4-5-18-13-20(7-6-17(18)12-16)31-32(23,27)24-15(2)22(26)30-19-8-10-29-11-9-19/h4-7,12-15,19H,8-11H2,1-3H3,(H,24,27)/t14?,15-,32?/m0/s1. The molecule has 1 heterocycles. The minimum Gasteiger partial charge on any atom is -0.469 e. The van der Waals surface area contributed by atoms with Gasteiger partial charge in [-0.15, -0.1) is 0 Å². The Hall–Kier alpha value is -2.12. The van der Waals surface area contributed by atoms with Gasteiger partial charge in [-0.2, -0.15) is 0 Å². The Bertz CT molecular complexity index is 1020. The van der Waals surface area contributed by atoms with Crippen LogP contribution in [0, 0.1) is 0 Å². The SMILES string of the molecule is COC(=O)C(C)c1ccc2cc(OP(=O)(Cl)N[C@@H](C)C(=O)OC3CCOCC3)ccc2c1. The molecule has 0 aromatic heterocycles. The van der Waals surface area contributed by atoms with Gasteiger partial charge in [0.25, 0.3) is 0 Å². The minimum absolute atomic E-state index is 0.219. The van der Waals surface area contributed by atoms with Gasteiger partial charge in [0.05, 0.1) is 26.2 Å². The second-order valence-electron chi connectivity index (χ2n) is 7.68. The third kappa shape index (κ3) is 6.45. The lowest BCUT2D eigenvalue weighted by molar-refractivity contribution is -0.154. The van der Waals surface area contributed by atoms with Gasteiger partial charge in [-0.1, -0.05) is 24.3 Å². The lowest BCUT2D eigenvalue weighted by atomic mass is 9.98. The Morgan fingerprint density at radius 2 is 1.75 bits per heavy atom. The summed E-state index contributed by atoms with van der Waals surface area (Å²) in [5.74, 6) is -0.980. The highest BCUT2D eigenvalue weighted by Crippen LogP contribution is 2.49. The molecule has 0 aliphatic carbocycles. The summed E-state index contributed by atoms with van der Waals surface area (Å²) < 4.78 is 33.6. The summed E-state index contributed by atoms with van der Waals surface area (Å²) in [5, 5.41) is 4.21. The summed E-state index contributed by atoms with van der Waals surface area (Å²) in [7, 11) is 1.35. The quantitative estimate of drug-likeness (QED) is 0.431. The van der Waals surface area contributed by atoms with Crippen LogP contribution in [0.4, 0.5) is 0 Å². The Balaban J connectivity index is 1.64. The smallest absolute Gasteiger partial charge is 0.409 e. The number of halogens is 1. The Morgan fingerprint density at radius 3 is 2.44 bits per heavy atom. The van der Waals surface area contributed by atoms with Crippen LogP contribution in [-0.2, 0) is 28.4 Å². The molecule has 3 atom stereocenters. The largest absolute Gasteiger partial charge is 0.469 e. The van der Waals surface area contributed by atoms with E-state index in [9.17, 15) is 14.2 Å². The van der Waals surface area contributed by atoms with E-state index < -0.39 is 24.8 Å². The summed E-state index contributed by atoms with van der Waals surface area (Å²) in [6.45, 7) is 0.515. The number of carbonyl (C=O) groups is 2. The predicted octanol–water partition coefficient (Wildman–Crippen LogP) is 4.54. The molecule has 32 heavy (non-hydrogen) atoms. The number of ether oxygens (including phenoxy) is 3. The first-order valence-electron chi connectivity index (χ1n) is 10.4. The van der Waals surface area contributed by atoms with Crippen molar-refractivity contribution in [2.45, 2.75) is 44.8 Å². The van der Waals surface area contributed by atoms with Crippen LogP contribution in [0.25, 0.3) is 10.8 Å². The third-order valence-electron chi connectivity index (χ3n) is 5.27. The van der Waals surface area contributed by atoms with Gasteiger partial charge in [0.2, 0.25) is 0 Å². The first-order chi connectivity index (χ1) is 15.2. The predicted molar refractivity (Wildman–Crippen MR) is 121 cm³/mol. The zero-order chi connectivity index (χ0) is 23.3. The molecule has 0 radical (unpaired) electrons. The molecule has 0 spiro atoms. The van der Waals surface area contributed by atoms with Crippen LogP contribution >= 0.6 is 18.1 Å². The fourth-order valence-corrected chi connectivity index (χ4v) is 5.07. The van der Waals surface area contributed by atoms with E-state index in [0.29, 0.717) is 26.1 Å². The number of carbonyl (C=O) groups excluding carboxylic acids is 2. The van der Waals surface area contributed by atoms with Crippen LogP contribution in [0.5, 0.6) is 5.75 Å². The molecule has 1 aliphatic heterocycles. The van der Waals surface area contributed by atoms with Crippen molar-refractivity contribution in [2.75, 3.05) is 20.3 Å².